The van der Waals surface area contributed by atoms with Crippen LogP contribution in [0.2, 0.25) is 0 Å². The van der Waals surface area contributed by atoms with Gasteiger partial charge in [-0.05, 0) is 62.0 Å². The summed E-state index contributed by atoms with van der Waals surface area (Å²) in [6, 6.07) is 8.34. The Morgan fingerprint density at radius 1 is 1.26 bits per heavy atom. The molecule has 232 valence electrons. The molecule has 3 aromatic rings. The summed E-state index contributed by atoms with van der Waals surface area (Å²) in [4.78, 5) is 34.2. The Labute approximate surface area is 255 Å². The van der Waals surface area contributed by atoms with E-state index in [4.69, 9.17) is 9.26 Å². The van der Waals surface area contributed by atoms with E-state index in [1.165, 1.54) is 11.0 Å². The van der Waals surface area contributed by atoms with Gasteiger partial charge >= 0.3 is 0 Å². The van der Waals surface area contributed by atoms with Crippen molar-refractivity contribution in [3.8, 4) is 16.3 Å². The molecule has 2 aliphatic rings. The zero-order valence-electron chi connectivity index (χ0n) is 25.0. The molecule has 43 heavy (non-hydrogen) atoms. The van der Waals surface area contributed by atoms with Gasteiger partial charge in [-0.25, -0.2) is 9.37 Å². The number of carbonyl (C=O) groups is 2. The van der Waals surface area contributed by atoms with Crippen LogP contribution in [0.5, 0.6) is 5.88 Å². The summed E-state index contributed by atoms with van der Waals surface area (Å²) in [6.07, 6.45) is 0.00477. The Balaban J connectivity index is 1.24. The number of likely N-dealkylation sites (tertiary alicyclic amines) is 1. The van der Waals surface area contributed by atoms with Gasteiger partial charge in [-0.15, -0.1) is 11.3 Å². The molecule has 0 aliphatic carbocycles. The van der Waals surface area contributed by atoms with Gasteiger partial charge in [0, 0.05) is 19.0 Å². The van der Waals surface area contributed by atoms with E-state index in [-0.39, 0.29) is 55.0 Å². The summed E-state index contributed by atoms with van der Waals surface area (Å²) in [5.74, 6) is -1.25. The highest BCUT2D eigenvalue weighted by molar-refractivity contribution is 7.13. The van der Waals surface area contributed by atoms with E-state index in [1.807, 2.05) is 57.5 Å². The minimum atomic E-state index is -1.44. The van der Waals surface area contributed by atoms with E-state index in [0.29, 0.717) is 25.9 Å². The number of hydrogen-bond donors (Lipinski definition) is 3. The first-order chi connectivity index (χ1) is 20.5. The summed E-state index contributed by atoms with van der Waals surface area (Å²) < 4.78 is 26.1. The van der Waals surface area contributed by atoms with Gasteiger partial charge in [-0.1, -0.05) is 38.1 Å². The van der Waals surface area contributed by atoms with Crippen LogP contribution < -0.4 is 15.4 Å². The number of amides is 2. The molecule has 2 amide bonds. The summed E-state index contributed by atoms with van der Waals surface area (Å²) in [7, 11) is 0. The third kappa shape index (κ3) is 7.08. The molecule has 5 rings (SSSR count). The highest BCUT2D eigenvalue weighted by Crippen LogP contribution is 2.34. The molecule has 2 aromatic heterocycles. The number of nitrogens with one attached hydrogen (secondary N) is 2. The number of aromatic nitrogens is 2. The van der Waals surface area contributed by atoms with Gasteiger partial charge in [-0.3, -0.25) is 9.59 Å². The van der Waals surface area contributed by atoms with Crippen LogP contribution in [-0.4, -0.2) is 76.0 Å². The molecule has 0 saturated carbocycles. The number of ether oxygens (including phenoxy) is 1. The average molecular weight is 614 g/mol. The van der Waals surface area contributed by atoms with Crippen molar-refractivity contribution in [2.45, 2.75) is 76.7 Å². The van der Waals surface area contributed by atoms with Crippen LogP contribution >= 0.6 is 11.3 Å². The molecule has 2 saturated heterocycles. The Morgan fingerprint density at radius 3 is 2.63 bits per heavy atom. The Bertz CT molecular complexity index is 1400. The smallest absolute Gasteiger partial charge is 0.254 e. The van der Waals surface area contributed by atoms with Crippen LogP contribution in [0.3, 0.4) is 0 Å². The topological polar surface area (TPSA) is 130 Å². The monoisotopic (exact) mass is 613 g/mol. The lowest BCUT2D eigenvalue weighted by molar-refractivity contribution is -0.141. The fourth-order valence-electron chi connectivity index (χ4n) is 5.82. The van der Waals surface area contributed by atoms with Gasteiger partial charge in [-0.2, -0.15) is 0 Å². The molecule has 2 fully saturated rings. The molecule has 4 atom stereocenters. The Hall–Kier alpha value is -3.35. The number of carbonyl (C=O) groups excluding carboxylic acids is 2. The van der Waals surface area contributed by atoms with Crippen LogP contribution in [0.4, 0.5) is 4.39 Å². The molecule has 0 bridgehead atoms. The van der Waals surface area contributed by atoms with Crippen LogP contribution in [0.1, 0.15) is 69.0 Å². The van der Waals surface area contributed by atoms with Crippen LogP contribution in [0.15, 0.2) is 40.4 Å². The van der Waals surface area contributed by atoms with Crippen molar-refractivity contribution in [1.82, 2.24) is 25.7 Å². The number of thiazole rings is 1. The van der Waals surface area contributed by atoms with E-state index >= 15 is 0 Å². The fourth-order valence-corrected chi connectivity index (χ4v) is 6.64. The van der Waals surface area contributed by atoms with Crippen LogP contribution in [-0.2, 0) is 9.59 Å². The average Bonchev–Trinajstić information content (AvgIpc) is 3.72. The highest BCUT2D eigenvalue weighted by Gasteiger charge is 2.43. The number of aryl methyl sites for hydroxylation is 1. The van der Waals surface area contributed by atoms with Crippen molar-refractivity contribution in [2.75, 3.05) is 26.2 Å². The number of halogens is 1. The van der Waals surface area contributed by atoms with Gasteiger partial charge in [0.25, 0.3) is 5.88 Å². The summed E-state index contributed by atoms with van der Waals surface area (Å²) in [6.45, 7) is 8.67. The number of nitrogens with zero attached hydrogens (tertiary/aromatic N) is 3. The molecule has 2 aliphatic heterocycles. The van der Waals surface area contributed by atoms with Gasteiger partial charge < -0.3 is 29.9 Å². The first-order valence-corrected chi connectivity index (χ1v) is 15.7. The minimum absolute atomic E-state index is 0.0350. The second-order valence-electron chi connectivity index (χ2n) is 12.0. The zero-order valence-corrected chi connectivity index (χ0v) is 25.8. The number of benzene rings is 1. The SMILES string of the molecule is Cc1ncsc1-c1ccc(C(C)NC(=O)[C@@H]2C[C@@H](O)CN2C(=O)C(c2cc(OCC3(F)CCNCC3)no2)C(C)C)cc1. The largest absolute Gasteiger partial charge is 0.472 e. The number of hydrogen-bond acceptors (Lipinski definition) is 9. The van der Waals surface area contributed by atoms with Gasteiger partial charge in [0.05, 0.1) is 28.2 Å². The van der Waals surface area contributed by atoms with Crippen molar-refractivity contribution in [3.63, 3.8) is 0 Å². The quantitative estimate of drug-likeness (QED) is 0.311. The number of aliphatic hydroxyl groups excluding tert-OH is 1. The molecule has 3 N–H and O–H groups in total. The third-order valence-corrected chi connectivity index (χ3v) is 9.34. The maximum atomic E-state index is 15.0. The van der Waals surface area contributed by atoms with E-state index in [0.717, 1.165) is 21.7 Å². The minimum Gasteiger partial charge on any atom is -0.472 e. The first kappa shape index (κ1) is 31.1. The number of β-amino-alcohol motifs (C(OH)–C–C–N with tert-alkyl or cyclic N) is 1. The molecule has 0 radical (unpaired) electrons. The normalized spacial score (nSPS) is 21.5. The maximum absolute atomic E-state index is 15.0. The Kier molecular flexibility index (Phi) is 9.48. The highest BCUT2D eigenvalue weighted by atomic mass is 32.1. The van der Waals surface area contributed by atoms with E-state index < -0.39 is 23.7 Å². The molecule has 12 heteroatoms. The van der Waals surface area contributed by atoms with E-state index in [2.05, 4.69) is 20.8 Å². The molecule has 2 unspecified atom stereocenters. The third-order valence-electron chi connectivity index (χ3n) is 8.37. The van der Waals surface area contributed by atoms with Crippen molar-refractivity contribution >= 4 is 23.2 Å². The van der Waals surface area contributed by atoms with Gasteiger partial charge in [0.1, 0.15) is 24.2 Å². The van der Waals surface area contributed by atoms with Crippen LogP contribution in [0.25, 0.3) is 10.4 Å². The predicted octanol–water partition coefficient (Wildman–Crippen LogP) is 4.16. The van der Waals surface area contributed by atoms with Crippen molar-refractivity contribution in [1.29, 1.82) is 0 Å². The van der Waals surface area contributed by atoms with E-state index in [1.54, 1.807) is 11.3 Å². The lowest BCUT2D eigenvalue weighted by atomic mass is 9.91. The zero-order chi connectivity index (χ0) is 30.7. The molecule has 10 nitrogen and oxygen atoms in total. The fraction of sp³-hybridized carbons (Fsp3) is 0.548. The van der Waals surface area contributed by atoms with Crippen LogP contribution in [0, 0.1) is 12.8 Å². The lowest BCUT2D eigenvalue weighted by Gasteiger charge is -2.29. The summed E-state index contributed by atoms with van der Waals surface area (Å²) in [5.41, 5.74) is 3.34. The summed E-state index contributed by atoms with van der Waals surface area (Å²) >= 11 is 1.58. The second kappa shape index (κ2) is 13.1. The molecular formula is C31H40FN5O5S. The molecule has 1 aromatic carbocycles. The number of aliphatic hydroxyl groups is 1. The second-order valence-corrected chi connectivity index (χ2v) is 12.8. The number of alkyl halides is 1. The van der Waals surface area contributed by atoms with E-state index in [9.17, 15) is 19.1 Å². The first-order valence-electron chi connectivity index (χ1n) is 14.8. The lowest BCUT2D eigenvalue weighted by Crippen LogP contribution is -2.48. The van der Waals surface area contributed by atoms with Crippen molar-refractivity contribution in [2.24, 2.45) is 5.92 Å². The standard InChI is InChI=1S/C31H40FN5O5S/c1-18(2)27(25-14-26(36-42-25)41-16-31(32)9-11-33-12-10-31)30(40)37-15-23(38)13-24(37)29(39)35-19(3)21-5-7-22(8-6-21)28-20(4)34-17-43-28/h5-8,14,17-19,23-24,27,33,38H,9-13,15-16H2,1-4H3,(H,35,39)/t19?,23-,24+,27?/m1/s1. The van der Waals surface area contributed by atoms with Crippen molar-refractivity contribution < 1.29 is 28.3 Å². The predicted molar refractivity (Wildman–Crippen MR) is 160 cm³/mol. The number of rotatable bonds is 10. The van der Waals surface area contributed by atoms with Crippen molar-refractivity contribution in [3.05, 3.63) is 52.9 Å². The molecular weight excluding hydrogens is 573 g/mol. The van der Waals surface area contributed by atoms with Gasteiger partial charge in [0.15, 0.2) is 5.76 Å². The summed E-state index contributed by atoms with van der Waals surface area (Å²) in [5, 5.41) is 20.6. The number of piperidine rings is 1. The molecule has 0 spiro atoms. The molecule has 4 heterocycles. The maximum Gasteiger partial charge on any atom is 0.254 e. The Morgan fingerprint density at radius 2 is 1.98 bits per heavy atom. The van der Waals surface area contributed by atoms with Gasteiger partial charge in [0.2, 0.25) is 11.8 Å².